The predicted molar refractivity (Wildman–Crippen MR) is 119 cm³/mol. The second kappa shape index (κ2) is 8.47. The zero-order valence-electron chi connectivity index (χ0n) is 17.1. The number of halogens is 2. The number of thiophene rings is 1. The van der Waals surface area contributed by atoms with Crippen LogP contribution in [0.4, 0.5) is 4.39 Å². The first kappa shape index (κ1) is 22.4. The monoisotopic (exact) mass is 496 g/mol. The number of carbonyl (C=O) groups excluding carboxylic acids is 1. The van der Waals surface area contributed by atoms with Crippen molar-refractivity contribution in [2.24, 2.45) is 0 Å². The molecule has 0 aliphatic carbocycles. The molecule has 30 heavy (non-hydrogen) atoms. The first-order valence-corrected chi connectivity index (χ1v) is 11.0. The van der Waals surface area contributed by atoms with Crippen molar-refractivity contribution in [3.63, 3.8) is 0 Å². The van der Waals surface area contributed by atoms with Crippen LogP contribution in [0.25, 0.3) is 10.2 Å². The van der Waals surface area contributed by atoms with Gasteiger partial charge in [0.2, 0.25) is 0 Å². The molecule has 0 aliphatic rings. The Labute approximate surface area is 185 Å². The normalized spacial score (nSPS) is 11.8. The van der Waals surface area contributed by atoms with Gasteiger partial charge >= 0.3 is 11.7 Å². The molecular formula is C21H22BrFN2O4S. The van der Waals surface area contributed by atoms with Crippen LogP contribution in [-0.4, -0.2) is 21.7 Å². The van der Waals surface area contributed by atoms with E-state index in [1.54, 1.807) is 19.1 Å². The van der Waals surface area contributed by atoms with Crippen molar-refractivity contribution in [2.45, 2.75) is 46.2 Å². The van der Waals surface area contributed by atoms with Crippen LogP contribution in [0.3, 0.4) is 0 Å². The Kier molecular flexibility index (Phi) is 6.33. The molecule has 0 spiro atoms. The number of benzene rings is 1. The molecule has 9 heteroatoms. The maximum absolute atomic E-state index is 14.4. The largest absolute Gasteiger partial charge is 0.465 e. The summed E-state index contributed by atoms with van der Waals surface area (Å²) in [7, 11) is 0. The van der Waals surface area contributed by atoms with E-state index in [0.29, 0.717) is 14.7 Å². The minimum absolute atomic E-state index is 0.179. The van der Waals surface area contributed by atoms with Crippen LogP contribution in [0.5, 0.6) is 0 Å². The standard InChI is InChI=1S/C21H22BrFN2O4S/c1-5-29-17(26)11-25-19-14(9-16(30-19)21(2,3)4)18(27)24(20(25)28)10-12-6-7-13(22)8-15(12)23/h6-9H,5,10-11H2,1-4H3. The van der Waals surface area contributed by atoms with Gasteiger partial charge in [-0.15, -0.1) is 11.3 Å². The molecule has 0 bridgehead atoms. The molecule has 0 amide bonds. The smallest absolute Gasteiger partial charge is 0.332 e. The van der Waals surface area contributed by atoms with E-state index < -0.39 is 23.0 Å². The molecule has 0 radical (unpaired) electrons. The van der Waals surface area contributed by atoms with Gasteiger partial charge in [0.05, 0.1) is 18.5 Å². The van der Waals surface area contributed by atoms with Gasteiger partial charge in [-0.3, -0.25) is 18.7 Å². The first-order chi connectivity index (χ1) is 14.0. The van der Waals surface area contributed by atoms with Crippen LogP contribution in [0.2, 0.25) is 0 Å². The molecule has 0 saturated heterocycles. The predicted octanol–water partition coefficient (Wildman–Crippen LogP) is 4.04. The lowest BCUT2D eigenvalue weighted by Crippen LogP contribution is -2.41. The minimum atomic E-state index is -0.676. The number of fused-ring (bicyclic) bond motifs is 1. The van der Waals surface area contributed by atoms with E-state index in [4.69, 9.17) is 4.74 Å². The van der Waals surface area contributed by atoms with E-state index >= 15 is 0 Å². The Morgan fingerprint density at radius 2 is 1.90 bits per heavy atom. The Morgan fingerprint density at radius 1 is 1.20 bits per heavy atom. The molecule has 0 saturated carbocycles. The second-order valence-corrected chi connectivity index (χ2v) is 9.83. The molecule has 3 aromatic rings. The third-order valence-electron chi connectivity index (χ3n) is 4.57. The average Bonchev–Trinajstić information content (AvgIpc) is 3.10. The number of rotatable bonds is 5. The summed E-state index contributed by atoms with van der Waals surface area (Å²) in [6.45, 7) is 7.30. The van der Waals surface area contributed by atoms with Crippen LogP contribution in [0.1, 0.15) is 38.1 Å². The van der Waals surface area contributed by atoms with E-state index in [1.165, 1.54) is 28.0 Å². The Hall–Kier alpha value is -2.26. The average molecular weight is 497 g/mol. The van der Waals surface area contributed by atoms with Crippen LogP contribution < -0.4 is 11.2 Å². The van der Waals surface area contributed by atoms with Gasteiger partial charge in [0.1, 0.15) is 17.2 Å². The molecule has 0 fully saturated rings. The molecule has 3 rings (SSSR count). The van der Waals surface area contributed by atoms with Gasteiger partial charge in [-0.2, -0.15) is 0 Å². The van der Waals surface area contributed by atoms with Gasteiger partial charge in [0.25, 0.3) is 5.56 Å². The first-order valence-electron chi connectivity index (χ1n) is 9.40. The van der Waals surface area contributed by atoms with Gasteiger partial charge in [0.15, 0.2) is 0 Å². The summed E-state index contributed by atoms with van der Waals surface area (Å²) >= 11 is 4.49. The highest BCUT2D eigenvalue weighted by atomic mass is 79.9. The van der Waals surface area contributed by atoms with Crippen molar-refractivity contribution in [3.05, 3.63) is 65.8 Å². The molecule has 6 nitrogen and oxygen atoms in total. The number of esters is 1. The van der Waals surface area contributed by atoms with Gasteiger partial charge in [-0.1, -0.05) is 42.8 Å². The van der Waals surface area contributed by atoms with Crippen molar-refractivity contribution < 1.29 is 13.9 Å². The third-order valence-corrected chi connectivity index (χ3v) is 6.65. The Balaban J connectivity index is 2.25. The number of aromatic nitrogens is 2. The highest BCUT2D eigenvalue weighted by molar-refractivity contribution is 9.10. The van der Waals surface area contributed by atoms with E-state index in [1.807, 2.05) is 20.8 Å². The van der Waals surface area contributed by atoms with Crippen molar-refractivity contribution in [1.82, 2.24) is 9.13 Å². The topological polar surface area (TPSA) is 70.3 Å². The molecule has 0 unspecified atom stereocenters. The van der Waals surface area contributed by atoms with Crippen molar-refractivity contribution in [3.8, 4) is 0 Å². The minimum Gasteiger partial charge on any atom is -0.465 e. The van der Waals surface area contributed by atoms with Crippen molar-refractivity contribution in [2.75, 3.05) is 6.61 Å². The number of nitrogens with zero attached hydrogens (tertiary/aromatic N) is 2. The third kappa shape index (κ3) is 4.41. The Morgan fingerprint density at radius 3 is 2.50 bits per heavy atom. The maximum Gasteiger partial charge on any atom is 0.332 e. The molecule has 0 N–H and O–H groups in total. The number of ether oxygens (including phenoxy) is 1. The zero-order valence-corrected chi connectivity index (χ0v) is 19.5. The van der Waals surface area contributed by atoms with Gasteiger partial charge < -0.3 is 4.74 Å². The second-order valence-electron chi connectivity index (χ2n) is 7.88. The fourth-order valence-corrected chi connectivity index (χ4v) is 4.54. The molecule has 0 atom stereocenters. The van der Waals surface area contributed by atoms with Crippen molar-refractivity contribution >= 4 is 43.5 Å². The van der Waals surface area contributed by atoms with Crippen molar-refractivity contribution in [1.29, 1.82) is 0 Å². The molecular weight excluding hydrogens is 475 g/mol. The molecule has 2 heterocycles. The Bertz CT molecular complexity index is 1240. The molecule has 160 valence electrons. The molecule has 0 aliphatic heterocycles. The highest BCUT2D eigenvalue weighted by Gasteiger charge is 2.23. The highest BCUT2D eigenvalue weighted by Crippen LogP contribution is 2.32. The summed E-state index contributed by atoms with van der Waals surface area (Å²) in [5.41, 5.74) is -1.23. The summed E-state index contributed by atoms with van der Waals surface area (Å²) < 4.78 is 22.1. The SMILES string of the molecule is CCOC(=O)Cn1c(=O)n(Cc2ccc(Br)cc2F)c(=O)c2cc(C(C)(C)C)sc21. The van der Waals surface area contributed by atoms with Gasteiger partial charge in [-0.05, 0) is 30.5 Å². The lowest BCUT2D eigenvalue weighted by atomic mass is 9.94. The summed E-state index contributed by atoms with van der Waals surface area (Å²) in [4.78, 5) is 39.8. The maximum atomic E-state index is 14.4. The number of hydrogen-bond donors (Lipinski definition) is 0. The number of hydrogen-bond acceptors (Lipinski definition) is 5. The van der Waals surface area contributed by atoms with Crippen LogP contribution >= 0.6 is 27.3 Å². The molecule has 2 aromatic heterocycles. The lowest BCUT2D eigenvalue weighted by molar-refractivity contribution is -0.143. The van der Waals surface area contributed by atoms with Crippen LogP contribution in [-0.2, 0) is 28.0 Å². The fraction of sp³-hybridized carbons (Fsp3) is 0.381. The van der Waals surface area contributed by atoms with E-state index in [9.17, 15) is 18.8 Å². The summed E-state index contributed by atoms with van der Waals surface area (Å²) in [5, 5.41) is 0.325. The van der Waals surface area contributed by atoms with Gasteiger partial charge in [-0.25, -0.2) is 9.18 Å². The van der Waals surface area contributed by atoms with E-state index in [2.05, 4.69) is 15.9 Å². The van der Waals surface area contributed by atoms with Crippen LogP contribution in [0.15, 0.2) is 38.3 Å². The fourth-order valence-electron chi connectivity index (χ4n) is 3.00. The molecule has 1 aromatic carbocycles. The van der Waals surface area contributed by atoms with E-state index in [0.717, 1.165) is 9.44 Å². The van der Waals surface area contributed by atoms with Crippen LogP contribution in [0, 0.1) is 5.82 Å². The summed E-state index contributed by atoms with van der Waals surface area (Å²) in [5.74, 6) is -1.11. The summed E-state index contributed by atoms with van der Waals surface area (Å²) in [6, 6.07) is 6.18. The quantitative estimate of drug-likeness (QED) is 0.499. The zero-order chi connectivity index (χ0) is 22.2. The lowest BCUT2D eigenvalue weighted by Gasteiger charge is -2.15. The van der Waals surface area contributed by atoms with E-state index in [-0.39, 0.29) is 30.7 Å². The van der Waals surface area contributed by atoms with Gasteiger partial charge in [0, 0.05) is 14.9 Å². The summed E-state index contributed by atoms with van der Waals surface area (Å²) in [6.07, 6.45) is 0. The number of carbonyl (C=O) groups is 1.